The molecule has 2 heterocycles. The number of halogens is 3. The molecule has 3 aromatic rings. The first kappa shape index (κ1) is 20.0. The lowest BCUT2D eigenvalue weighted by atomic mass is 9.84. The summed E-state index contributed by atoms with van der Waals surface area (Å²) in [5.74, 6) is 1.23. The average Bonchev–Trinajstić information content (AvgIpc) is 3.28. The average molecular weight is 428 g/mol. The zero-order valence-electron chi connectivity index (χ0n) is 17.3. The van der Waals surface area contributed by atoms with E-state index in [0.29, 0.717) is 34.4 Å². The Kier molecular flexibility index (Phi) is 4.75. The zero-order chi connectivity index (χ0) is 21.9. The fourth-order valence-electron chi connectivity index (χ4n) is 5.13. The van der Waals surface area contributed by atoms with Crippen molar-refractivity contribution in [2.24, 2.45) is 11.8 Å². The molecule has 0 aliphatic heterocycles. The van der Waals surface area contributed by atoms with Crippen LogP contribution in [0.25, 0.3) is 10.9 Å². The monoisotopic (exact) mass is 428 g/mol. The number of nitrogens with zero attached hydrogens (tertiary/aromatic N) is 3. The molecular weight excluding hydrogens is 405 g/mol. The van der Waals surface area contributed by atoms with Gasteiger partial charge in [-0.2, -0.15) is 0 Å². The van der Waals surface area contributed by atoms with Crippen LogP contribution in [0.1, 0.15) is 61.6 Å². The first-order valence-corrected chi connectivity index (χ1v) is 10.6. The number of hydrogen-bond donors (Lipinski definition) is 1. The molecule has 8 heteroatoms. The Bertz CT molecular complexity index is 1220. The van der Waals surface area contributed by atoms with Crippen LogP contribution in [-0.2, 0) is 0 Å². The zero-order valence-corrected chi connectivity index (χ0v) is 17.3. The highest BCUT2D eigenvalue weighted by Gasteiger charge is 2.45. The predicted molar refractivity (Wildman–Crippen MR) is 112 cm³/mol. The topological polar surface area (TPSA) is 59.8 Å². The number of anilines is 1. The molecule has 0 unspecified atom stereocenters. The number of aryl methyl sites for hydroxylation is 1. The van der Waals surface area contributed by atoms with Crippen LogP contribution >= 0.6 is 0 Å². The second kappa shape index (κ2) is 7.35. The van der Waals surface area contributed by atoms with Gasteiger partial charge in [0.1, 0.15) is 17.5 Å². The van der Waals surface area contributed by atoms with Gasteiger partial charge in [-0.15, -0.1) is 0 Å². The Morgan fingerprint density at radius 2 is 1.90 bits per heavy atom. The molecule has 3 aliphatic carbocycles. The number of aromatic nitrogens is 3. The number of nitrogens with one attached hydrogen (secondary N) is 1. The Balaban J connectivity index is 1.55. The fraction of sp³-hybridized carbons (Fsp3) is 0.435. The molecule has 2 bridgehead atoms. The molecule has 5 nitrogen and oxygen atoms in total. The molecule has 3 aliphatic rings. The Morgan fingerprint density at radius 3 is 2.58 bits per heavy atom. The lowest BCUT2D eigenvalue weighted by Gasteiger charge is -2.25. The first-order chi connectivity index (χ1) is 14.8. The third-order valence-corrected chi connectivity index (χ3v) is 6.73. The number of alkyl halides is 2. The van der Waals surface area contributed by atoms with Gasteiger partial charge in [0.05, 0.1) is 22.5 Å². The molecule has 1 N–H and O–H groups in total. The Hall–Kier alpha value is -2.90. The van der Waals surface area contributed by atoms with Crippen LogP contribution in [0.3, 0.4) is 0 Å². The quantitative estimate of drug-likeness (QED) is 0.598. The second-order valence-corrected chi connectivity index (χ2v) is 8.76. The van der Waals surface area contributed by atoms with E-state index in [9.17, 15) is 18.0 Å². The summed E-state index contributed by atoms with van der Waals surface area (Å²) in [6, 6.07) is 5.09. The van der Waals surface area contributed by atoms with Crippen molar-refractivity contribution in [3.05, 3.63) is 63.6 Å². The van der Waals surface area contributed by atoms with Crippen molar-refractivity contribution in [3.8, 4) is 0 Å². The highest BCUT2D eigenvalue weighted by Crippen LogP contribution is 2.54. The molecule has 3 fully saturated rings. The van der Waals surface area contributed by atoms with Crippen LogP contribution in [-0.4, -0.2) is 14.5 Å². The van der Waals surface area contributed by atoms with E-state index < -0.39 is 23.8 Å². The minimum atomic E-state index is -2.89. The predicted octanol–water partition coefficient (Wildman–Crippen LogP) is 5.32. The SMILES string of the molecule is Cc1nc(N[C@H](C)c2cccc(C(F)F)c2F)c2cn([C@H]3CC4CC3C4)c(=O)cc2n1. The van der Waals surface area contributed by atoms with Crippen molar-refractivity contribution in [2.75, 3.05) is 5.32 Å². The summed E-state index contributed by atoms with van der Waals surface area (Å²) >= 11 is 0. The molecule has 0 amide bonds. The van der Waals surface area contributed by atoms with Crippen LogP contribution in [0, 0.1) is 24.6 Å². The van der Waals surface area contributed by atoms with E-state index in [4.69, 9.17) is 0 Å². The van der Waals surface area contributed by atoms with Gasteiger partial charge in [0, 0.05) is 23.9 Å². The number of hydrogen-bond acceptors (Lipinski definition) is 4. The second-order valence-electron chi connectivity index (χ2n) is 8.76. The van der Waals surface area contributed by atoms with Gasteiger partial charge >= 0.3 is 0 Å². The van der Waals surface area contributed by atoms with E-state index >= 15 is 0 Å². The summed E-state index contributed by atoms with van der Waals surface area (Å²) in [6.45, 7) is 3.41. The van der Waals surface area contributed by atoms with Crippen LogP contribution in [0.4, 0.5) is 19.0 Å². The molecule has 0 spiro atoms. The van der Waals surface area contributed by atoms with E-state index in [1.165, 1.54) is 31.0 Å². The van der Waals surface area contributed by atoms with Crippen molar-refractivity contribution < 1.29 is 13.2 Å². The molecule has 0 saturated heterocycles. The smallest absolute Gasteiger partial charge is 0.266 e. The molecular formula is C23H23F3N4O. The molecule has 1 aromatic carbocycles. The van der Waals surface area contributed by atoms with Gasteiger partial charge in [-0.25, -0.2) is 23.1 Å². The van der Waals surface area contributed by atoms with E-state index in [-0.39, 0.29) is 17.2 Å². The third kappa shape index (κ3) is 3.38. The maximum atomic E-state index is 14.6. The van der Waals surface area contributed by atoms with E-state index in [0.717, 1.165) is 12.5 Å². The molecule has 3 saturated carbocycles. The lowest BCUT2D eigenvalue weighted by molar-refractivity contribution is 0.146. The summed E-state index contributed by atoms with van der Waals surface area (Å²) in [5.41, 5.74) is -0.0653. The third-order valence-electron chi connectivity index (χ3n) is 6.73. The molecule has 2 aromatic heterocycles. The van der Waals surface area contributed by atoms with E-state index in [1.807, 2.05) is 0 Å². The summed E-state index contributed by atoms with van der Waals surface area (Å²) in [4.78, 5) is 21.6. The maximum absolute atomic E-state index is 14.6. The number of rotatable bonds is 5. The first-order valence-electron chi connectivity index (χ1n) is 10.6. The van der Waals surface area contributed by atoms with Crippen molar-refractivity contribution in [1.82, 2.24) is 14.5 Å². The Morgan fingerprint density at radius 1 is 1.16 bits per heavy atom. The van der Waals surface area contributed by atoms with E-state index in [1.54, 1.807) is 24.6 Å². The minimum Gasteiger partial charge on any atom is -0.363 e. The van der Waals surface area contributed by atoms with Gasteiger partial charge < -0.3 is 9.88 Å². The van der Waals surface area contributed by atoms with Gasteiger partial charge in [-0.3, -0.25) is 4.79 Å². The normalized spacial score (nSPS) is 23.2. The maximum Gasteiger partial charge on any atom is 0.266 e. The van der Waals surface area contributed by atoms with Crippen molar-refractivity contribution >= 4 is 16.7 Å². The highest BCUT2D eigenvalue weighted by molar-refractivity contribution is 5.88. The minimum absolute atomic E-state index is 0.0853. The molecule has 6 rings (SSSR count). The van der Waals surface area contributed by atoms with Crippen LogP contribution in [0.2, 0.25) is 0 Å². The lowest BCUT2D eigenvalue weighted by Crippen LogP contribution is -2.26. The van der Waals surface area contributed by atoms with Crippen molar-refractivity contribution in [1.29, 1.82) is 0 Å². The number of benzene rings is 1. The molecule has 162 valence electrons. The van der Waals surface area contributed by atoms with Gasteiger partial charge in [0.15, 0.2) is 0 Å². The molecule has 31 heavy (non-hydrogen) atoms. The molecule has 0 radical (unpaired) electrons. The molecule has 2 atom stereocenters. The van der Waals surface area contributed by atoms with Gasteiger partial charge in [0.25, 0.3) is 12.0 Å². The largest absolute Gasteiger partial charge is 0.363 e. The van der Waals surface area contributed by atoms with E-state index in [2.05, 4.69) is 15.3 Å². The Labute approximate surface area is 177 Å². The summed E-state index contributed by atoms with van der Waals surface area (Å²) in [7, 11) is 0. The fourth-order valence-corrected chi connectivity index (χ4v) is 5.13. The van der Waals surface area contributed by atoms with Crippen LogP contribution in [0.15, 0.2) is 35.3 Å². The van der Waals surface area contributed by atoms with Gasteiger partial charge in [0.2, 0.25) is 0 Å². The summed E-state index contributed by atoms with van der Waals surface area (Å²) < 4.78 is 42.6. The van der Waals surface area contributed by atoms with Crippen molar-refractivity contribution in [3.63, 3.8) is 0 Å². The summed E-state index contributed by atoms with van der Waals surface area (Å²) in [5, 5.41) is 3.82. The number of fused-ring (bicyclic) bond motifs is 2. The van der Waals surface area contributed by atoms with Crippen LogP contribution in [0.5, 0.6) is 0 Å². The van der Waals surface area contributed by atoms with Crippen LogP contribution < -0.4 is 10.9 Å². The highest BCUT2D eigenvalue weighted by atomic mass is 19.3. The standard InChI is InChI=1S/C23H23F3N4O/c1-11(15-4-3-5-16(21(15)24)22(25)26)27-23-17-10-30(19-8-13-6-14(19)7-13)20(31)9-18(17)28-12(2)29-23/h3-5,9-11,13-14,19,22H,6-8H2,1-2H3,(H,27,28,29)/t11-,13?,14?,19+/m1/s1. The summed E-state index contributed by atoms with van der Waals surface area (Å²) in [6.07, 6.45) is 2.25. The van der Waals surface area contributed by atoms with Gasteiger partial charge in [-0.05, 0) is 44.9 Å². The van der Waals surface area contributed by atoms with Crippen molar-refractivity contribution in [2.45, 2.75) is 51.6 Å². The number of pyridine rings is 1. The van der Waals surface area contributed by atoms with Gasteiger partial charge in [-0.1, -0.05) is 18.2 Å².